The van der Waals surface area contributed by atoms with E-state index in [0.29, 0.717) is 5.69 Å². The predicted octanol–water partition coefficient (Wildman–Crippen LogP) is 4.90. The number of fused-ring (bicyclic) bond motifs is 1. The molecule has 2 aliphatic heterocycles. The summed E-state index contributed by atoms with van der Waals surface area (Å²) in [5, 5.41) is 8.72. The summed E-state index contributed by atoms with van der Waals surface area (Å²) in [5.74, 6) is 1.89. The Kier molecular flexibility index (Phi) is 8.22. The second-order valence-electron chi connectivity index (χ2n) is 11.1. The molecule has 2 saturated heterocycles. The molecule has 0 bridgehead atoms. The largest absolute Gasteiger partial charge is 0.357 e. The number of pyridine rings is 1. The molecule has 4 heterocycles. The van der Waals surface area contributed by atoms with Gasteiger partial charge in [0.05, 0.1) is 5.39 Å². The third-order valence-electron chi connectivity index (χ3n) is 8.57. The number of piperidine rings is 1. The van der Waals surface area contributed by atoms with Crippen molar-refractivity contribution in [1.82, 2.24) is 25.0 Å². The van der Waals surface area contributed by atoms with E-state index < -0.39 is 0 Å². The summed E-state index contributed by atoms with van der Waals surface area (Å²) >= 11 is 0. The third kappa shape index (κ3) is 6.16. The Morgan fingerprint density at radius 3 is 2.34 bits per heavy atom. The summed E-state index contributed by atoms with van der Waals surface area (Å²) in [4.78, 5) is 23.1. The molecule has 0 spiro atoms. The zero-order valence-corrected chi connectivity index (χ0v) is 21.7. The molecule has 1 saturated carbocycles. The van der Waals surface area contributed by atoms with Crippen LogP contribution in [0.1, 0.15) is 94.0 Å². The standard InChI is InChI=1S/C28H44N6O/c1-32-27-24(12-13-25(30-27)34-17-8-3-2-4-9-18-34)26(31-32)28(35)29-23-15-20-33(21-16-23)19-14-22-10-6-5-7-11-22/h12-13,22-23H,2-11,14-21H2,1H3,(H,29,35). The first-order valence-corrected chi connectivity index (χ1v) is 14.3. The van der Waals surface area contributed by atoms with Gasteiger partial charge in [-0.15, -0.1) is 0 Å². The number of hydrogen-bond acceptors (Lipinski definition) is 5. The lowest BCUT2D eigenvalue weighted by molar-refractivity contribution is 0.0904. The molecule has 1 N–H and O–H groups in total. The Hall–Kier alpha value is -2.15. The fraction of sp³-hybridized carbons (Fsp3) is 0.750. The van der Waals surface area contributed by atoms with Crippen molar-refractivity contribution in [3.63, 3.8) is 0 Å². The van der Waals surface area contributed by atoms with Gasteiger partial charge < -0.3 is 15.1 Å². The van der Waals surface area contributed by atoms with Crippen LogP contribution < -0.4 is 10.2 Å². The molecule has 7 nitrogen and oxygen atoms in total. The van der Waals surface area contributed by atoms with Crippen molar-refractivity contribution in [1.29, 1.82) is 0 Å². The van der Waals surface area contributed by atoms with Crippen molar-refractivity contribution >= 4 is 22.8 Å². The van der Waals surface area contributed by atoms with Crippen LogP contribution in [0, 0.1) is 5.92 Å². The highest BCUT2D eigenvalue weighted by molar-refractivity contribution is 6.04. The molecule has 3 aliphatic rings. The summed E-state index contributed by atoms with van der Waals surface area (Å²) in [6, 6.07) is 4.36. The first kappa shape index (κ1) is 24.5. The Bertz CT molecular complexity index is 965. The van der Waals surface area contributed by atoms with Gasteiger partial charge in [-0.2, -0.15) is 5.10 Å². The van der Waals surface area contributed by atoms with Gasteiger partial charge in [-0.1, -0.05) is 51.4 Å². The first-order chi connectivity index (χ1) is 17.2. The number of likely N-dealkylation sites (tertiary alicyclic amines) is 1. The normalized spacial score (nSPS) is 21.7. The predicted molar refractivity (Wildman–Crippen MR) is 142 cm³/mol. The highest BCUT2D eigenvalue weighted by atomic mass is 16.2. The van der Waals surface area contributed by atoms with Gasteiger partial charge in [0.25, 0.3) is 5.91 Å². The minimum absolute atomic E-state index is 0.0583. The Morgan fingerprint density at radius 1 is 0.914 bits per heavy atom. The molecule has 2 aromatic rings. The van der Waals surface area contributed by atoms with Gasteiger partial charge in [0.15, 0.2) is 11.3 Å². The van der Waals surface area contributed by atoms with Gasteiger partial charge in [-0.05, 0) is 56.7 Å². The maximum Gasteiger partial charge on any atom is 0.272 e. The van der Waals surface area contributed by atoms with E-state index in [1.807, 2.05) is 13.1 Å². The van der Waals surface area contributed by atoms with E-state index in [4.69, 9.17) is 4.98 Å². The monoisotopic (exact) mass is 480 g/mol. The van der Waals surface area contributed by atoms with Gasteiger partial charge in [-0.3, -0.25) is 4.79 Å². The second kappa shape index (κ2) is 11.7. The highest BCUT2D eigenvalue weighted by Gasteiger charge is 2.25. The number of amides is 1. The van der Waals surface area contributed by atoms with Crippen LogP contribution in [-0.2, 0) is 7.05 Å². The van der Waals surface area contributed by atoms with Gasteiger partial charge in [0.1, 0.15) is 5.82 Å². The zero-order chi connectivity index (χ0) is 24.0. The zero-order valence-electron chi connectivity index (χ0n) is 21.7. The number of carbonyl (C=O) groups excluding carboxylic acids is 1. The maximum absolute atomic E-state index is 13.2. The fourth-order valence-electron chi connectivity index (χ4n) is 6.34. The van der Waals surface area contributed by atoms with Crippen molar-refractivity contribution < 1.29 is 4.79 Å². The molecule has 0 radical (unpaired) electrons. The SMILES string of the molecule is Cn1nc(C(=O)NC2CCN(CCC3CCCCC3)CC2)c2ccc(N3CCCCCCC3)nc21. The summed E-state index contributed by atoms with van der Waals surface area (Å²) in [6.07, 6.45) is 16.9. The first-order valence-electron chi connectivity index (χ1n) is 14.3. The lowest BCUT2D eigenvalue weighted by Gasteiger charge is -2.33. The van der Waals surface area contributed by atoms with Crippen LogP contribution in [0.3, 0.4) is 0 Å². The third-order valence-corrected chi connectivity index (χ3v) is 8.57. The number of carbonyl (C=O) groups is 1. The van der Waals surface area contributed by atoms with Gasteiger partial charge >= 0.3 is 0 Å². The number of rotatable bonds is 6. The Labute approximate surface area is 210 Å². The van der Waals surface area contributed by atoms with Gasteiger partial charge in [0.2, 0.25) is 0 Å². The van der Waals surface area contributed by atoms with Crippen LogP contribution in [0.15, 0.2) is 12.1 Å². The van der Waals surface area contributed by atoms with Crippen LogP contribution in [0.5, 0.6) is 0 Å². The molecule has 0 atom stereocenters. The molecule has 2 aromatic heterocycles. The summed E-state index contributed by atoms with van der Waals surface area (Å²) in [6.45, 7) is 5.51. The van der Waals surface area contributed by atoms with Crippen molar-refractivity contribution in [2.45, 2.75) is 89.5 Å². The van der Waals surface area contributed by atoms with Crippen LogP contribution in [-0.4, -0.2) is 64.3 Å². The molecule has 192 valence electrons. The molecule has 35 heavy (non-hydrogen) atoms. The minimum atomic E-state index is -0.0583. The van der Waals surface area contributed by atoms with Crippen molar-refractivity contribution in [2.75, 3.05) is 37.6 Å². The smallest absolute Gasteiger partial charge is 0.272 e. The van der Waals surface area contributed by atoms with Gasteiger partial charge in [-0.25, -0.2) is 9.67 Å². The van der Waals surface area contributed by atoms with Crippen LogP contribution >= 0.6 is 0 Å². The summed E-state index contributed by atoms with van der Waals surface area (Å²) in [7, 11) is 1.90. The number of anilines is 1. The fourth-order valence-corrected chi connectivity index (χ4v) is 6.34. The Morgan fingerprint density at radius 2 is 1.60 bits per heavy atom. The molecular weight excluding hydrogens is 436 g/mol. The van der Waals surface area contributed by atoms with Crippen molar-refractivity contribution in [3.05, 3.63) is 17.8 Å². The summed E-state index contributed by atoms with van der Waals surface area (Å²) in [5.41, 5.74) is 1.31. The molecule has 1 aliphatic carbocycles. The van der Waals surface area contributed by atoms with Crippen LogP contribution in [0.2, 0.25) is 0 Å². The summed E-state index contributed by atoms with van der Waals surface area (Å²) < 4.78 is 1.77. The highest BCUT2D eigenvalue weighted by Crippen LogP contribution is 2.27. The van der Waals surface area contributed by atoms with Gasteiger partial charge in [0, 0.05) is 39.3 Å². The lowest BCUT2D eigenvalue weighted by atomic mass is 9.87. The Balaban J connectivity index is 1.16. The van der Waals surface area contributed by atoms with Crippen LogP contribution in [0.25, 0.3) is 11.0 Å². The van der Waals surface area contributed by atoms with E-state index in [1.54, 1.807) is 4.68 Å². The molecule has 0 aromatic carbocycles. The molecule has 1 amide bonds. The molecule has 0 unspecified atom stereocenters. The minimum Gasteiger partial charge on any atom is -0.357 e. The number of aromatic nitrogens is 3. The second-order valence-corrected chi connectivity index (χ2v) is 11.1. The van der Waals surface area contributed by atoms with E-state index in [-0.39, 0.29) is 11.9 Å². The van der Waals surface area contributed by atoms with E-state index in [1.165, 1.54) is 77.2 Å². The van der Waals surface area contributed by atoms with Crippen molar-refractivity contribution in [3.8, 4) is 0 Å². The lowest BCUT2D eigenvalue weighted by Crippen LogP contribution is -2.45. The van der Waals surface area contributed by atoms with E-state index >= 15 is 0 Å². The average Bonchev–Trinajstić information content (AvgIpc) is 3.20. The number of nitrogens with one attached hydrogen (secondary N) is 1. The van der Waals surface area contributed by atoms with Crippen molar-refractivity contribution in [2.24, 2.45) is 13.0 Å². The topological polar surface area (TPSA) is 66.3 Å². The number of nitrogens with zero attached hydrogens (tertiary/aromatic N) is 5. The molecule has 5 rings (SSSR count). The molecule has 3 fully saturated rings. The number of hydrogen-bond donors (Lipinski definition) is 1. The van der Waals surface area contributed by atoms with E-state index in [9.17, 15) is 4.79 Å². The van der Waals surface area contributed by atoms with E-state index in [2.05, 4.69) is 26.3 Å². The molecule has 7 heteroatoms. The van der Waals surface area contributed by atoms with Crippen LogP contribution in [0.4, 0.5) is 5.82 Å². The number of aryl methyl sites for hydroxylation is 1. The average molecular weight is 481 g/mol. The maximum atomic E-state index is 13.2. The quantitative estimate of drug-likeness (QED) is 0.637. The van der Waals surface area contributed by atoms with E-state index in [0.717, 1.165) is 61.8 Å². The molecular formula is C28H44N6O.